The summed E-state index contributed by atoms with van der Waals surface area (Å²) < 4.78 is 0. The van der Waals surface area contributed by atoms with Crippen LogP contribution in [0.3, 0.4) is 0 Å². The van der Waals surface area contributed by atoms with E-state index >= 15 is 0 Å². The molecule has 2 aromatic carbocycles. The van der Waals surface area contributed by atoms with Crippen molar-refractivity contribution in [3.63, 3.8) is 0 Å². The number of amides is 3. The Morgan fingerprint density at radius 1 is 1.19 bits per heavy atom. The third-order valence-corrected chi connectivity index (χ3v) is 4.41. The molecule has 3 rings (SSSR count). The Morgan fingerprint density at radius 2 is 1.88 bits per heavy atom. The first-order chi connectivity index (χ1) is 12.5. The number of hydrogen-bond donors (Lipinski definition) is 3. The van der Waals surface area contributed by atoms with Crippen LogP contribution < -0.4 is 16.0 Å². The Labute approximate surface area is 155 Å². The fourth-order valence-electron chi connectivity index (χ4n) is 2.81. The molecule has 0 unspecified atom stereocenters. The second kappa shape index (κ2) is 7.30. The molecule has 1 saturated heterocycles. The second-order valence-corrected chi connectivity index (χ2v) is 6.19. The molecule has 2 aromatic rings. The van der Waals surface area contributed by atoms with Gasteiger partial charge < -0.3 is 16.0 Å². The molecule has 3 N–H and O–H groups in total. The summed E-state index contributed by atoms with van der Waals surface area (Å²) in [4.78, 5) is 24.7. The molecule has 1 heterocycles. The van der Waals surface area contributed by atoms with Crippen LogP contribution in [-0.2, 0) is 4.79 Å². The molecule has 1 aliphatic heterocycles. The Balaban J connectivity index is 1.91. The Hall–Kier alpha value is -3.30. The summed E-state index contributed by atoms with van der Waals surface area (Å²) in [5, 5.41) is 17.4. The normalized spacial score (nSPS) is 19.1. The predicted molar refractivity (Wildman–Crippen MR) is 98.3 cm³/mol. The van der Waals surface area contributed by atoms with E-state index in [9.17, 15) is 9.59 Å². The summed E-state index contributed by atoms with van der Waals surface area (Å²) in [6, 6.07) is 14.5. The van der Waals surface area contributed by atoms with Gasteiger partial charge in [-0.25, -0.2) is 4.79 Å². The lowest BCUT2D eigenvalue weighted by molar-refractivity contribution is -0.119. The van der Waals surface area contributed by atoms with E-state index < -0.39 is 18.0 Å². The lowest BCUT2D eigenvalue weighted by Crippen LogP contribution is -2.51. The third-order valence-electron chi connectivity index (χ3n) is 4.08. The Kier molecular flexibility index (Phi) is 4.92. The molecule has 0 aromatic heterocycles. The highest BCUT2D eigenvalue weighted by atomic mass is 35.5. The average molecular weight is 367 g/mol. The van der Waals surface area contributed by atoms with Crippen LogP contribution in [0.15, 0.2) is 60.8 Å². The zero-order chi connectivity index (χ0) is 18.7. The maximum Gasteiger partial charge on any atom is 0.319 e. The van der Waals surface area contributed by atoms with Gasteiger partial charge in [0.1, 0.15) is 5.92 Å². The molecule has 6 nitrogen and oxygen atoms in total. The molecule has 2 atom stereocenters. The van der Waals surface area contributed by atoms with Crippen LogP contribution in [0.1, 0.15) is 17.2 Å². The Morgan fingerprint density at radius 3 is 2.54 bits per heavy atom. The molecule has 7 heteroatoms. The van der Waals surface area contributed by atoms with Crippen molar-refractivity contribution in [2.45, 2.75) is 6.04 Å². The first-order valence-electron chi connectivity index (χ1n) is 7.81. The van der Waals surface area contributed by atoms with E-state index in [4.69, 9.17) is 16.9 Å². The number of urea groups is 1. The van der Waals surface area contributed by atoms with Gasteiger partial charge in [-0.2, -0.15) is 5.26 Å². The van der Waals surface area contributed by atoms with Crippen LogP contribution >= 0.6 is 11.6 Å². The smallest absolute Gasteiger partial charge is 0.319 e. The molecule has 3 amide bonds. The minimum absolute atomic E-state index is 0.285. The van der Waals surface area contributed by atoms with Gasteiger partial charge in [-0.05, 0) is 29.8 Å². The number of nitrogens with one attached hydrogen (secondary N) is 3. The topological polar surface area (TPSA) is 94.0 Å². The molecular formula is C19H15ClN4O2. The third kappa shape index (κ3) is 3.53. The van der Waals surface area contributed by atoms with E-state index in [1.54, 1.807) is 48.5 Å². The van der Waals surface area contributed by atoms with E-state index in [1.165, 1.54) is 0 Å². The van der Waals surface area contributed by atoms with Crippen LogP contribution in [0.5, 0.6) is 0 Å². The zero-order valence-electron chi connectivity index (χ0n) is 13.6. The number of nitriles is 1. The van der Waals surface area contributed by atoms with Crippen molar-refractivity contribution in [2.75, 3.05) is 5.32 Å². The van der Waals surface area contributed by atoms with Gasteiger partial charge in [0.05, 0.1) is 28.4 Å². The van der Waals surface area contributed by atoms with Crippen molar-refractivity contribution in [1.82, 2.24) is 10.6 Å². The maximum absolute atomic E-state index is 12.9. The van der Waals surface area contributed by atoms with Gasteiger partial charge in [-0.15, -0.1) is 0 Å². The summed E-state index contributed by atoms with van der Waals surface area (Å²) in [6.45, 7) is 3.82. The van der Waals surface area contributed by atoms with Crippen molar-refractivity contribution in [2.24, 2.45) is 5.92 Å². The number of hydrogen-bond acceptors (Lipinski definition) is 3. The van der Waals surface area contributed by atoms with Gasteiger partial charge in [0.2, 0.25) is 5.91 Å². The fourth-order valence-corrected chi connectivity index (χ4v) is 2.99. The number of rotatable bonds is 3. The highest BCUT2D eigenvalue weighted by molar-refractivity contribution is 6.33. The second-order valence-electron chi connectivity index (χ2n) is 5.78. The SMILES string of the molecule is C=C1NC(=O)N[C@H](c2ccc(C#N)cc2)[C@H]1C(=O)Nc1ccccc1Cl. The zero-order valence-corrected chi connectivity index (χ0v) is 14.4. The average Bonchev–Trinajstić information content (AvgIpc) is 2.63. The molecule has 0 aliphatic carbocycles. The number of carbonyl (C=O) groups excluding carboxylic acids is 2. The summed E-state index contributed by atoms with van der Waals surface area (Å²) in [5.74, 6) is -1.11. The molecule has 0 radical (unpaired) electrons. The summed E-state index contributed by atoms with van der Waals surface area (Å²) in [7, 11) is 0. The van der Waals surface area contributed by atoms with Gasteiger partial charge in [0.15, 0.2) is 0 Å². The van der Waals surface area contributed by atoms with E-state index in [0.717, 1.165) is 0 Å². The Bertz CT molecular complexity index is 918. The van der Waals surface area contributed by atoms with Crippen LogP contribution in [0.4, 0.5) is 10.5 Å². The van der Waals surface area contributed by atoms with Crippen LogP contribution in [0, 0.1) is 17.2 Å². The number of anilines is 1. The molecular weight excluding hydrogens is 352 g/mol. The largest absolute Gasteiger partial charge is 0.330 e. The molecule has 130 valence electrons. The van der Waals surface area contributed by atoms with Gasteiger partial charge in [0, 0.05) is 5.70 Å². The molecule has 0 bridgehead atoms. The van der Waals surface area contributed by atoms with Gasteiger partial charge in [-0.1, -0.05) is 42.4 Å². The summed E-state index contributed by atoms with van der Waals surface area (Å²) in [6.07, 6.45) is 0. The van der Waals surface area contributed by atoms with Crippen LogP contribution in [0.2, 0.25) is 5.02 Å². The highest BCUT2D eigenvalue weighted by Crippen LogP contribution is 2.31. The van der Waals surface area contributed by atoms with Gasteiger partial charge in [0.25, 0.3) is 0 Å². The van der Waals surface area contributed by atoms with E-state index in [2.05, 4.69) is 22.5 Å². The number of halogens is 1. The van der Waals surface area contributed by atoms with Crippen molar-refractivity contribution in [3.8, 4) is 6.07 Å². The van der Waals surface area contributed by atoms with E-state index in [1.807, 2.05) is 6.07 Å². The predicted octanol–water partition coefficient (Wildman–Crippen LogP) is 3.33. The lowest BCUT2D eigenvalue weighted by Gasteiger charge is -2.34. The first-order valence-corrected chi connectivity index (χ1v) is 8.19. The van der Waals surface area contributed by atoms with Gasteiger partial charge >= 0.3 is 6.03 Å². The molecule has 1 fully saturated rings. The standard InChI is InChI=1S/C19H15ClN4O2/c1-11-16(18(25)23-15-5-3-2-4-14(15)20)17(24-19(26)22-11)13-8-6-12(10-21)7-9-13/h2-9,16-17H,1H2,(H,23,25)(H2,22,24,26)/t16-,17+/m0/s1. The fraction of sp³-hybridized carbons (Fsp3) is 0.105. The van der Waals surface area contributed by atoms with Crippen molar-refractivity contribution in [3.05, 3.63) is 77.0 Å². The monoisotopic (exact) mass is 366 g/mol. The van der Waals surface area contributed by atoms with Crippen molar-refractivity contribution >= 4 is 29.2 Å². The highest BCUT2D eigenvalue weighted by Gasteiger charge is 2.37. The molecule has 26 heavy (non-hydrogen) atoms. The number of para-hydroxylation sites is 1. The minimum Gasteiger partial charge on any atom is -0.330 e. The summed E-state index contributed by atoms with van der Waals surface area (Å²) >= 11 is 6.10. The van der Waals surface area contributed by atoms with Crippen molar-refractivity contribution in [1.29, 1.82) is 5.26 Å². The molecule has 1 aliphatic rings. The maximum atomic E-state index is 12.9. The van der Waals surface area contributed by atoms with E-state index in [0.29, 0.717) is 21.8 Å². The number of benzene rings is 2. The number of nitrogens with zero attached hydrogens (tertiary/aromatic N) is 1. The lowest BCUT2D eigenvalue weighted by atomic mass is 9.88. The number of carbonyl (C=O) groups is 2. The van der Waals surface area contributed by atoms with Gasteiger partial charge in [-0.3, -0.25) is 4.79 Å². The van der Waals surface area contributed by atoms with Crippen molar-refractivity contribution < 1.29 is 9.59 Å². The first kappa shape index (κ1) is 17.5. The molecule has 0 saturated carbocycles. The summed E-state index contributed by atoms with van der Waals surface area (Å²) in [5.41, 5.74) is 1.94. The quantitative estimate of drug-likeness (QED) is 0.777. The molecule has 0 spiro atoms. The van der Waals surface area contributed by atoms with Crippen LogP contribution in [-0.4, -0.2) is 11.9 Å². The minimum atomic E-state index is -0.753. The van der Waals surface area contributed by atoms with Crippen LogP contribution in [0.25, 0.3) is 0 Å². The van der Waals surface area contributed by atoms with E-state index in [-0.39, 0.29) is 11.6 Å².